The topological polar surface area (TPSA) is 76.2 Å². The summed E-state index contributed by atoms with van der Waals surface area (Å²) in [6.07, 6.45) is 3.01. The highest BCUT2D eigenvalue weighted by Crippen LogP contribution is 2.03. The Morgan fingerprint density at radius 2 is 2.16 bits per heavy atom. The standard InChI is InChI=1S/C11H21N5O.2ClH/c1-15(2)8-9-16-7-5-10(14-16)13-11(17)4-3-6-12;;/h5,7H,3-4,6,8-9,12H2,1-2H3,(H,13,14,17);2*1H. The number of halogens is 2. The van der Waals surface area contributed by atoms with Crippen LogP contribution in [-0.4, -0.2) is 47.8 Å². The minimum atomic E-state index is -0.0340. The summed E-state index contributed by atoms with van der Waals surface area (Å²) < 4.78 is 1.82. The van der Waals surface area contributed by atoms with E-state index in [1.54, 1.807) is 6.07 Å². The monoisotopic (exact) mass is 311 g/mol. The van der Waals surface area contributed by atoms with Gasteiger partial charge in [-0.05, 0) is 27.1 Å². The van der Waals surface area contributed by atoms with Crippen molar-refractivity contribution in [2.24, 2.45) is 5.73 Å². The minimum absolute atomic E-state index is 0. The summed E-state index contributed by atoms with van der Waals surface area (Å²) in [5, 5.41) is 7.00. The van der Waals surface area contributed by atoms with Gasteiger partial charge in [-0.2, -0.15) is 5.10 Å². The molecule has 0 aliphatic rings. The maximum absolute atomic E-state index is 11.4. The molecule has 1 rings (SSSR count). The third-order valence-electron chi connectivity index (χ3n) is 2.29. The molecule has 1 aromatic rings. The molecule has 0 unspecified atom stereocenters. The SMILES string of the molecule is CN(C)CCn1ccc(NC(=O)CCCN)n1.Cl.Cl. The van der Waals surface area contributed by atoms with E-state index in [-0.39, 0.29) is 30.7 Å². The molecule has 0 aromatic carbocycles. The molecule has 19 heavy (non-hydrogen) atoms. The van der Waals surface area contributed by atoms with Crippen LogP contribution in [0.5, 0.6) is 0 Å². The van der Waals surface area contributed by atoms with Gasteiger partial charge in [-0.25, -0.2) is 0 Å². The Morgan fingerprint density at radius 1 is 1.47 bits per heavy atom. The second-order valence-corrected chi connectivity index (χ2v) is 4.21. The van der Waals surface area contributed by atoms with Gasteiger partial charge in [0.1, 0.15) is 0 Å². The van der Waals surface area contributed by atoms with Crippen molar-refractivity contribution < 1.29 is 4.79 Å². The molecule has 1 amide bonds. The number of nitrogens with one attached hydrogen (secondary N) is 1. The van der Waals surface area contributed by atoms with Crippen LogP contribution in [0.2, 0.25) is 0 Å². The first-order chi connectivity index (χ1) is 8.11. The number of rotatable bonds is 7. The quantitative estimate of drug-likeness (QED) is 0.786. The predicted molar refractivity (Wildman–Crippen MR) is 82.2 cm³/mol. The molecular formula is C11H23Cl2N5O. The van der Waals surface area contributed by atoms with Gasteiger partial charge in [0, 0.05) is 25.2 Å². The van der Waals surface area contributed by atoms with Crippen molar-refractivity contribution in [2.45, 2.75) is 19.4 Å². The number of amides is 1. The van der Waals surface area contributed by atoms with E-state index in [9.17, 15) is 4.79 Å². The molecule has 0 saturated carbocycles. The molecule has 0 saturated heterocycles. The van der Waals surface area contributed by atoms with Crippen LogP contribution < -0.4 is 11.1 Å². The number of nitrogens with two attached hydrogens (primary N) is 1. The van der Waals surface area contributed by atoms with E-state index in [1.807, 2.05) is 25.0 Å². The average Bonchev–Trinajstić information content (AvgIpc) is 2.71. The number of hydrogen-bond donors (Lipinski definition) is 2. The smallest absolute Gasteiger partial charge is 0.225 e. The van der Waals surface area contributed by atoms with Crippen molar-refractivity contribution in [1.82, 2.24) is 14.7 Å². The van der Waals surface area contributed by atoms with Crippen LogP contribution >= 0.6 is 24.8 Å². The molecule has 0 bridgehead atoms. The summed E-state index contributed by atoms with van der Waals surface area (Å²) in [5.74, 6) is 0.569. The Morgan fingerprint density at radius 3 is 2.74 bits per heavy atom. The molecule has 0 atom stereocenters. The Hall–Kier alpha value is -0.820. The first-order valence-electron chi connectivity index (χ1n) is 5.80. The fraction of sp³-hybridized carbons (Fsp3) is 0.636. The lowest BCUT2D eigenvalue weighted by atomic mass is 10.3. The first-order valence-corrected chi connectivity index (χ1v) is 5.80. The predicted octanol–water partition coefficient (Wildman–Crippen LogP) is 0.966. The zero-order valence-corrected chi connectivity index (χ0v) is 13.0. The summed E-state index contributed by atoms with van der Waals surface area (Å²) in [5.41, 5.74) is 5.34. The zero-order valence-electron chi connectivity index (χ0n) is 11.3. The molecule has 1 aromatic heterocycles. The first kappa shape index (κ1) is 20.5. The third-order valence-corrected chi connectivity index (χ3v) is 2.29. The van der Waals surface area contributed by atoms with Crippen molar-refractivity contribution in [3.63, 3.8) is 0 Å². The fourth-order valence-corrected chi connectivity index (χ4v) is 1.32. The normalized spacial score (nSPS) is 9.68. The van der Waals surface area contributed by atoms with E-state index >= 15 is 0 Å². The van der Waals surface area contributed by atoms with E-state index in [0.717, 1.165) is 13.1 Å². The van der Waals surface area contributed by atoms with E-state index in [4.69, 9.17) is 5.73 Å². The number of nitrogens with zero attached hydrogens (tertiary/aromatic N) is 3. The number of anilines is 1. The molecule has 0 spiro atoms. The van der Waals surface area contributed by atoms with Crippen LogP contribution in [0.4, 0.5) is 5.82 Å². The van der Waals surface area contributed by atoms with Gasteiger partial charge < -0.3 is 16.0 Å². The average molecular weight is 312 g/mol. The van der Waals surface area contributed by atoms with Crippen LogP contribution in [-0.2, 0) is 11.3 Å². The summed E-state index contributed by atoms with van der Waals surface area (Å²) in [4.78, 5) is 13.5. The van der Waals surface area contributed by atoms with E-state index in [2.05, 4.69) is 15.3 Å². The molecule has 6 nitrogen and oxygen atoms in total. The van der Waals surface area contributed by atoms with Crippen molar-refractivity contribution in [3.8, 4) is 0 Å². The largest absolute Gasteiger partial charge is 0.330 e. The van der Waals surface area contributed by atoms with Crippen LogP contribution in [0, 0.1) is 0 Å². The third kappa shape index (κ3) is 8.83. The maximum Gasteiger partial charge on any atom is 0.225 e. The Kier molecular flexibility index (Phi) is 11.9. The summed E-state index contributed by atoms with van der Waals surface area (Å²) in [6, 6.07) is 1.80. The summed E-state index contributed by atoms with van der Waals surface area (Å²) >= 11 is 0. The molecule has 0 aliphatic carbocycles. The molecule has 0 aliphatic heterocycles. The van der Waals surface area contributed by atoms with E-state index in [1.165, 1.54) is 0 Å². The highest BCUT2D eigenvalue weighted by atomic mass is 35.5. The molecule has 1 heterocycles. The second-order valence-electron chi connectivity index (χ2n) is 4.21. The lowest BCUT2D eigenvalue weighted by Crippen LogP contribution is -2.19. The molecule has 8 heteroatoms. The zero-order chi connectivity index (χ0) is 12.7. The van der Waals surface area contributed by atoms with Gasteiger partial charge in [0.05, 0.1) is 6.54 Å². The Bertz CT molecular complexity index is 357. The summed E-state index contributed by atoms with van der Waals surface area (Å²) in [6.45, 7) is 2.26. The van der Waals surface area contributed by atoms with Crippen molar-refractivity contribution in [3.05, 3.63) is 12.3 Å². The molecule has 0 radical (unpaired) electrons. The van der Waals surface area contributed by atoms with Crippen LogP contribution in [0.3, 0.4) is 0 Å². The van der Waals surface area contributed by atoms with E-state index < -0.39 is 0 Å². The number of hydrogen-bond acceptors (Lipinski definition) is 4. The molecule has 3 N–H and O–H groups in total. The Balaban J connectivity index is 0. The number of carbonyl (C=O) groups excluding carboxylic acids is 1. The van der Waals surface area contributed by atoms with Gasteiger partial charge in [-0.1, -0.05) is 0 Å². The van der Waals surface area contributed by atoms with Crippen molar-refractivity contribution in [1.29, 1.82) is 0 Å². The van der Waals surface area contributed by atoms with Gasteiger partial charge in [0.2, 0.25) is 5.91 Å². The second kappa shape index (κ2) is 11.0. The van der Waals surface area contributed by atoms with Crippen LogP contribution in [0.25, 0.3) is 0 Å². The van der Waals surface area contributed by atoms with Gasteiger partial charge in [-0.3, -0.25) is 9.48 Å². The van der Waals surface area contributed by atoms with Crippen LogP contribution in [0.15, 0.2) is 12.3 Å². The van der Waals surface area contributed by atoms with Gasteiger partial charge in [0.15, 0.2) is 5.82 Å². The van der Waals surface area contributed by atoms with Crippen molar-refractivity contribution >= 4 is 36.5 Å². The number of carbonyl (C=O) groups is 1. The lowest BCUT2D eigenvalue weighted by Gasteiger charge is -2.08. The molecular weight excluding hydrogens is 289 g/mol. The molecule has 0 fully saturated rings. The van der Waals surface area contributed by atoms with Crippen LogP contribution in [0.1, 0.15) is 12.8 Å². The van der Waals surface area contributed by atoms with Crippen molar-refractivity contribution in [2.75, 3.05) is 32.5 Å². The fourth-order valence-electron chi connectivity index (χ4n) is 1.32. The highest BCUT2D eigenvalue weighted by molar-refractivity contribution is 5.89. The number of likely N-dealkylation sites (N-methyl/N-ethyl adjacent to an activating group) is 1. The number of aromatic nitrogens is 2. The Labute approximate surface area is 126 Å². The van der Waals surface area contributed by atoms with E-state index in [0.29, 0.717) is 25.2 Å². The van der Waals surface area contributed by atoms with Gasteiger partial charge in [-0.15, -0.1) is 24.8 Å². The van der Waals surface area contributed by atoms with Gasteiger partial charge >= 0.3 is 0 Å². The van der Waals surface area contributed by atoms with Gasteiger partial charge in [0.25, 0.3) is 0 Å². The minimum Gasteiger partial charge on any atom is -0.330 e. The molecule has 112 valence electrons. The lowest BCUT2D eigenvalue weighted by molar-refractivity contribution is -0.116. The maximum atomic E-state index is 11.4. The highest BCUT2D eigenvalue weighted by Gasteiger charge is 2.04. The summed E-state index contributed by atoms with van der Waals surface area (Å²) in [7, 11) is 4.03.